The van der Waals surface area contributed by atoms with E-state index in [1.54, 1.807) is 18.0 Å². The molecule has 2 N–H and O–H groups in total. The molecule has 16 heteroatoms. The quantitative estimate of drug-likeness (QED) is 0.246. The number of nitrogens with zero attached hydrogens (tertiary/aromatic N) is 5. The van der Waals surface area contributed by atoms with E-state index in [0.29, 0.717) is 58.1 Å². The Hall–Kier alpha value is -5.22. The molecule has 5 amide bonds. The summed E-state index contributed by atoms with van der Waals surface area (Å²) in [5, 5.41) is 6.04. The Morgan fingerprint density at radius 3 is 2.48 bits per heavy atom. The van der Waals surface area contributed by atoms with E-state index in [2.05, 4.69) is 10.6 Å². The summed E-state index contributed by atoms with van der Waals surface area (Å²) in [5.74, 6) is -2.37. The van der Waals surface area contributed by atoms with Crippen molar-refractivity contribution in [3.63, 3.8) is 0 Å². The largest absolute Gasteiger partial charge is 0.447 e. The van der Waals surface area contributed by atoms with Crippen LogP contribution in [0.5, 0.6) is 0 Å². The van der Waals surface area contributed by atoms with Crippen LogP contribution in [0, 0.1) is 29.4 Å². The van der Waals surface area contributed by atoms with Crippen LogP contribution in [0.3, 0.4) is 0 Å². The van der Waals surface area contributed by atoms with Crippen LogP contribution in [-0.4, -0.2) is 119 Å². The lowest BCUT2D eigenvalue weighted by atomic mass is 9.89. The van der Waals surface area contributed by atoms with E-state index in [1.807, 2.05) is 34.9 Å². The topological polar surface area (TPSA) is 138 Å². The Bertz CT molecular complexity index is 1920. The number of halogens is 3. The SMILES string of the molecule is C[C@@H](COC(=O)N1CC(CN2C(=O)C=CC2=O)C1)NC(=O)N(C[C@@H]1CNC[C@@H]1F)[C@@H](c1nc(-c2cc(F)ccc2F)cn1Cc1ccccc1)C1CCOCC1. The highest BCUT2D eigenvalue weighted by atomic mass is 19.1. The first kappa shape index (κ1) is 39.0. The zero-order valence-corrected chi connectivity index (χ0v) is 31.1. The Labute approximate surface area is 322 Å². The van der Waals surface area contributed by atoms with Crippen molar-refractivity contribution in [3.05, 3.63) is 89.9 Å². The average Bonchev–Trinajstić information content (AvgIpc) is 3.87. The maximum absolute atomic E-state index is 15.3. The Morgan fingerprint density at radius 2 is 1.79 bits per heavy atom. The summed E-state index contributed by atoms with van der Waals surface area (Å²) < 4.78 is 58.1. The van der Waals surface area contributed by atoms with Crippen molar-refractivity contribution in [1.82, 2.24) is 34.9 Å². The molecule has 0 aliphatic carbocycles. The minimum Gasteiger partial charge on any atom is -0.447 e. The lowest BCUT2D eigenvalue weighted by Crippen LogP contribution is -2.55. The minimum atomic E-state index is -1.21. The average molecular weight is 778 g/mol. The summed E-state index contributed by atoms with van der Waals surface area (Å²) in [5.41, 5.74) is 1.09. The van der Waals surface area contributed by atoms with Gasteiger partial charge in [0.25, 0.3) is 11.8 Å². The van der Waals surface area contributed by atoms with Gasteiger partial charge in [0.15, 0.2) is 0 Å². The molecule has 0 spiro atoms. The highest BCUT2D eigenvalue weighted by molar-refractivity contribution is 6.12. The molecule has 4 aliphatic rings. The third kappa shape index (κ3) is 8.91. The number of carbonyl (C=O) groups excluding carboxylic acids is 4. The Balaban J connectivity index is 1.13. The fourth-order valence-electron chi connectivity index (χ4n) is 7.81. The second-order valence-corrected chi connectivity index (χ2v) is 15.0. The maximum Gasteiger partial charge on any atom is 0.409 e. The number of hydrogen-bond acceptors (Lipinski definition) is 8. The van der Waals surface area contributed by atoms with Crippen LogP contribution in [0.4, 0.5) is 22.8 Å². The predicted molar refractivity (Wildman–Crippen MR) is 198 cm³/mol. The smallest absolute Gasteiger partial charge is 0.409 e. The van der Waals surface area contributed by atoms with Gasteiger partial charge in [-0.3, -0.25) is 14.5 Å². The number of imide groups is 1. The van der Waals surface area contributed by atoms with Gasteiger partial charge in [-0.15, -0.1) is 0 Å². The van der Waals surface area contributed by atoms with E-state index in [1.165, 1.54) is 17.1 Å². The molecule has 0 saturated carbocycles. The zero-order valence-electron chi connectivity index (χ0n) is 31.1. The van der Waals surface area contributed by atoms with Gasteiger partial charge < -0.3 is 34.5 Å². The fraction of sp³-hybridized carbons (Fsp3) is 0.475. The standard InChI is InChI=1S/C40H46F3N7O6/c1-25(24-56-40(54)48-19-27(20-48)21-49-35(51)9-10-36(49)52)45-39(53)50(22-29-16-44-17-33(29)43)37(28-11-13-55-14-12-28)38-46-34(31-15-30(41)7-8-32(31)42)23-47(38)18-26-5-3-2-4-6-26/h2-10,15,23,25,27-29,33,37,44H,11-14,16-22,24H2,1H3,(H,45,53)/t25-,29-,33-,37+/m0/s1. The number of hydrogen-bond donors (Lipinski definition) is 2. The molecule has 0 radical (unpaired) electrons. The van der Waals surface area contributed by atoms with Crippen LogP contribution in [0.25, 0.3) is 11.3 Å². The number of benzene rings is 2. The number of rotatable bonds is 13. The van der Waals surface area contributed by atoms with Gasteiger partial charge in [0.1, 0.15) is 30.2 Å². The molecule has 4 aliphatic heterocycles. The number of amides is 5. The number of aromatic nitrogens is 2. The first-order valence-corrected chi connectivity index (χ1v) is 19.0. The van der Waals surface area contributed by atoms with Crippen LogP contribution in [0.1, 0.15) is 37.2 Å². The van der Waals surface area contributed by atoms with E-state index in [0.717, 1.165) is 28.7 Å². The minimum absolute atomic E-state index is 0.0254. The highest BCUT2D eigenvalue weighted by Crippen LogP contribution is 2.38. The van der Waals surface area contributed by atoms with Crippen LogP contribution < -0.4 is 10.6 Å². The molecular formula is C40H46F3N7O6. The van der Waals surface area contributed by atoms with Gasteiger partial charge in [0.2, 0.25) is 0 Å². The molecule has 1 aromatic heterocycles. The molecule has 0 bridgehead atoms. The van der Waals surface area contributed by atoms with Gasteiger partial charge >= 0.3 is 12.1 Å². The molecule has 7 rings (SSSR count). The third-order valence-electron chi connectivity index (χ3n) is 10.9. The molecule has 2 aromatic carbocycles. The van der Waals surface area contributed by atoms with Crippen molar-refractivity contribution in [3.8, 4) is 11.3 Å². The van der Waals surface area contributed by atoms with E-state index >= 15 is 8.78 Å². The monoisotopic (exact) mass is 777 g/mol. The van der Waals surface area contributed by atoms with Gasteiger partial charge in [-0.25, -0.2) is 27.7 Å². The number of ether oxygens (including phenoxy) is 2. The lowest BCUT2D eigenvalue weighted by Gasteiger charge is -2.40. The van der Waals surface area contributed by atoms with E-state index in [-0.39, 0.29) is 61.1 Å². The zero-order chi connectivity index (χ0) is 39.3. The molecule has 13 nitrogen and oxygen atoms in total. The molecule has 3 saturated heterocycles. The van der Waals surface area contributed by atoms with Crippen LogP contribution in [-0.2, 0) is 25.6 Å². The van der Waals surface area contributed by atoms with Crippen molar-refractivity contribution in [2.45, 2.75) is 44.6 Å². The van der Waals surface area contributed by atoms with Gasteiger partial charge in [-0.2, -0.15) is 0 Å². The Morgan fingerprint density at radius 1 is 1.05 bits per heavy atom. The van der Waals surface area contributed by atoms with Crippen molar-refractivity contribution in [2.75, 3.05) is 59.1 Å². The van der Waals surface area contributed by atoms with Crippen LogP contribution >= 0.6 is 0 Å². The van der Waals surface area contributed by atoms with Crippen molar-refractivity contribution < 1.29 is 41.8 Å². The third-order valence-corrected chi connectivity index (χ3v) is 10.9. The molecule has 5 heterocycles. The highest BCUT2D eigenvalue weighted by Gasteiger charge is 2.41. The molecule has 4 atom stereocenters. The molecule has 298 valence electrons. The summed E-state index contributed by atoms with van der Waals surface area (Å²) in [6.07, 6.45) is 3.45. The molecule has 56 heavy (non-hydrogen) atoms. The van der Waals surface area contributed by atoms with E-state index in [9.17, 15) is 23.6 Å². The summed E-state index contributed by atoms with van der Waals surface area (Å²) in [6, 6.07) is 10.9. The first-order chi connectivity index (χ1) is 27.0. The molecule has 0 unspecified atom stereocenters. The normalized spacial score (nSPS) is 21.3. The number of urea groups is 1. The van der Waals surface area contributed by atoms with Crippen LogP contribution in [0.15, 0.2) is 66.9 Å². The van der Waals surface area contributed by atoms with Crippen LogP contribution in [0.2, 0.25) is 0 Å². The van der Waals surface area contributed by atoms with Crippen molar-refractivity contribution in [1.29, 1.82) is 0 Å². The fourth-order valence-corrected chi connectivity index (χ4v) is 7.81. The lowest BCUT2D eigenvalue weighted by molar-refractivity contribution is -0.138. The number of nitrogens with one attached hydrogen (secondary N) is 2. The number of likely N-dealkylation sites (tertiary alicyclic amines) is 1. The predicted octanol–water partition coefficient (Wildman–Crippen LogP) is 4.30. The number of imidazole rings is 1. The van der Waals surface area contributed by atoms with Gasteiger partial charge in [-0.1, -0.05) is 30.3 Å². The van der Waals surface area contributed by atoms with E-state index < -0.39 is 47.9 Å². The summed E-state index contributed by atoms with van der Waals surface area (Å²) in [4.78, 5) is 60.4. The van der Waals surface area contributed by atoms with E-state index in [4.69, 9.17) is 14.5 Å². The number of carbonyl (C=O) groups is 4. The summed E-state index contributed by atoms with van der Waals surface area (Å²) in [7, 11) is 0. The van der Waals surface area contributed by atoms with Crippen molar-refractivity contribution in [2.24, 2.45) is 17.8 Å². The second kappa shape index (κ2) is 17.3. The molecular weight excluding hydrogens is 731 g/mol. The van der Waals surface area contributed by atoms with Crippen molar-refractivity contribution >= 4 is 23.9 Å². The van der Waals surface area contributed by atoms with Gasteiger partial charge in [-0.05, 0) is 49.4 Å². The second-order valence-electron chi connectivity index (χ2n) is 15.0. The molecule has 3 fully saturated rings. The molecule has 3 aromatic rings. The maximum atomic E-state index is 15.3. The number of alkyl halides is 1. The Kier molecular flexibility index (Phi) is 12.0. The van der Waals surface area contributed by atoms with Gasteiger partial charge in [0, 0.05) is 94.8 Å². The first-order valence-electron chi connectivity index (χ1n) is 19.0. The van der Waals surface area contributed by atoms with Gasteiger partial charge in [0.05, 0.1) is 17.8 Å². The summed E-state index contributed by atoms with van der Waals surface area (Å²) >= 11 is 0. The summed E-state index contributed by atoms with van der Waals surface area (Å²) in [6.45, 7) is 4.10.